The van der Waals surface area contributed by atoms with Crippen LogP contribution in [0.15, 0.2) is 53.8 Å². The number of amides is 1. The number of carbonyl (C=O) groups is 1. The van der Waals surface area contributed by atoms with Crippen molar-refractivity contribution < 1.29 is 9.53 Å². The lowest BCUT2D eigenvalue weighted by Crippen LogP contribution is -2.32. The highest BCUT2D eigenvalue weighted by Crippen LogP contribution is 2.25. The third kappa shape index (κ3) is 4.83. The summed E-state index contributed by atoms with van der Waals surface area (Å²) in [4.78, 5) is 15.8. The van der Waals surface area contributed by atoms with Crippen LogP contribution in [0.2, 0.25) is 5.02 Å². The summed E-state index contributed by atoms with van der Waals surface area (Å²) in [6.45, 7) is 2.35. The Balaban J connectivity index is 1.35. The van der Waals surface area contributed by atoms with E-state index >= 15 is 0 Å². The van der Waals surface area contributed by atoms with Crippen molar-refractivity contribution >= 4 is 40.2 Å². The first-order valence-corrected chi connectivity index (χ1v) is 10.9. The average Bonchev–Trinajstić information content (AvgIpc) is 3.40. The summed E-state index contributed by atoms with van der Waals surface area (Å²) < 4.78 is 6.78. The van der Waals surface area contributed by atoms with Gasteiger partial charge in [0.05, 0.1) is 18.0 Å². The fourth-order valence-corrected chi connectivity index (χ4v) is 4.18. The molecule has 0 saturated carbocycles. The number of fused-ring (bicyclic) bond motifs is 1. The van der Waals surface area contributed by atoms with E-state index in [1.165, 1.54) is 11.8 Å². The lowest BCUT2D eigenvalue weighted by atomic mass is 10.1. The maximum Gasteiger partial charge on any atom is 0.233 e. The molecule has 4 aromatic rings. The second-order valence-electron chi connectivity index (χ2n) is 6.88. The van der Waals surface area contributed by atoms with E-state index in [9.17, 15) is 4.79 Å². The average molecular weight is 457 g/mol. The maximum atomic E-state index is 12.6. The molecule has 2 aromatic heterocycles. The number of benzene rings is 2. The predicted octanol–water partition coefficient (Wildman–Crippen LogP) is 3.65. The van der Waals surface area contributed by atoms with Crippen molar-refractivity contribution in [1.29, 1.82) is 0 Å². The van der Waals surface area contributed by atoms with E-state index in [-0.39, 0.29) is 11.2 Å². The topological polar surface area (TPSA) is 97.7 Å². The Hall–Kier alpha value is -3.04. The molecule has 0 aliphatic rings. The van der Waals surface area contributed by atoms with E-state index in [2.05, 4.69) is 25.8 Å². The smallest absolute Gasteiger partial charge is 0.233 e. The Kier molecular flexibility index (Phi) is 6.43. The van der Waals surface area contributed by atoms with E-state index in [1.807, 2.05) is 55.6 Å². The minimum Gasteiger partial charge on any atom is -0.497 e. The molecule has 0 fully saturated rings. The number of hydrogen-bond donors (Lipinski definition) is 2. The highest BCUT2D eigenvalue weighted by Gasteiger charge is 2.19. The molecule has 0 spiro atoms. The summed E-state index contributed by atoms with van der Waals surface area (Å²) in [5.41, 5.74) is 2.93. The standard InChI is InChI=1S/C21H21ClN6O2S/c1-13(31-21-25-26-27-28(21)16-4-6-17(30-2)7-5-16)20(29)23-10-9-14-12-24-19-8-3-15(22)11-18(14)19/h3-8,11-13,24H,9-10H2,1-2H3,(H,23,29). The minimum absolute atomic E-state index is 0.0767. The zero-order chi connectivity index (χ0) is 21.8. The Morgan fingerprint density at radius 3 is 2.87 bits per heavy atom. The van der Waals surface area contributed by atoms with Crippen molar-refractivity contribution in [3.8, 4) is 11.4 Å². The van der Waals surface area contributed by atoms with Gasteiger partial charge in [0.25, 0.3) is 0 Å². The molecule has 1 atom stereocenters. The van der Waals surface area contributed by atoms with Gasteiger partial charge in [-0.25, -0.2) is 0 Å². The zero-order valence-electron chi connectivity index (χ0n) is 17.0. The summed E-state index contributed by atoms with van der Waals surface area (Å²) in [5, 5.41) is 16.8. The van der Waals surface area contributed by atoms with Gasteiger partial charge >= 0.3 is 0 Å². The van der Waals surface area contributed by atoms with Gasteiger partial charge in [0, 0.05) is 28.7 Å². The van der Waals surface area contributed by atoms with Gasteiger partial charge in [-0.2, -0.15) is 4.68 Å². The number of hydrogen-bond acceptors (Lipinski definition) is 6. The van der Waals surface area contributed by atoms with Gasteiger partial charge in [0.2, 0.25) is 11.1 Å². The third-order valence-electron chi connectivity index (χ3n) is 4.83. The van der Waals surface area contributed by atoms with E-state index in [0.717, 1.165) is 27.9 Å². The molecule has 0 aliphatic heterocycles. The largest absolute Gasteiger partial charge is 0.497 e. The molecular formula is C21H21ClN6O2S. The van der Waals surface area contributed by atoms with Gasteiger partial charge in [-0.15, -0.1) is 5.10 Å². The van der Waals surface area contributed by atoms with Gasteiger partial charge in [-0.1, -0.05) is 23.4 Å². The third-order valence-corrected chi connectivity index (χ3v) is 6.10. The molecule has 160 valence electrons. The number of aromatic nitrogens is 5. The molecule has 0 bridgehead atoms. The second kappa shape index (κ2) is 9.40. The number of nitrogens with one attached hydrogen (secondary N) is 2. The van der Waals surface area contributed by atoms with Crippen molar-refractivity contribution in [3.05, 3.63) is 59.2 Å². The number of rotatable bonds is 8. The summed E-state index contributed by atoms with van der Waals surface area (Å²) in [6, 6.07) is 13.1. The van der Waals surface area contributed by atoms with Crippen LogP contribution in [0, 0.1) is 0 Å². The summed E-state index contributed by atoms with van der Waals surface area (Å²) in [5.74, 6) is 0.670. The molecule has 2 aromatic carbocycles. The monoisotopic (exact) mass is 456 g/mol. The number of H-pyrrole nitrogens is 1. The second-order valence-corrected chi connectivity index (χ2v) is 8.62. The minimum atomic E-state index is -0.361. The maximum absolute atomic E-state index is 12.6. The van der Waals surface area contributed by atoms with Crippen LogP contribution in [0.3, 0.4) is 0 Å². The molecular weight excluding hydrogens is 436 g/mol. The van der Waals surface area contributed by atoms with Crippen molar-refractivity contribution in [1.82, 2.24) is 30.5 Å². The molecule has 0 saturated heterocycles. The van der Waals surface area contributed by atoms with E-state index in [0.29, 0.717) is 23.1 Å². The fourth-order valence-electron chi connectivity index (χ4n) is 3.17. The lowest BCUT2D eigenvalue weighted by molar-refractivity contribution is -0.120. The quantitative estimate of drug-likeness (QED) is 0.393. The molecule has 2 N–H and O–H groups in total. The summed E-state index contributed by atoms with van der Waals surface area (Å²) in [7, 11) is 1.61. The molecule has 2 heterocycles. The van der Waals surface area contributed by atoms with Crippen LogP contribution in [-0.2, 0) is 11.2 Å². The highest BCUT2D eigenvalue weighted by atomic mass is 35.5. The van der Waals surface area contributed by atoms with Gasteiger partial charge in [-0.05, 0) is 71.8 Å². The SMILES string of the molecule is COc1ccc(-n2nnnc2SC(C)C(=O)NCCc2c[nH]c3ccc(Cl)cc23)cc1. The van der Waals surface area contributed by atoms with Crippen LogP contribution in [0.25, 0.3) is 16.6 Å². The number of thioether (sulfide) groups is 1. The number of nitrogens with zero attached hydrogens (tertiary/aromatic N) is 4. The first kappa shape index (κ1) is 21.2. The Labute approximate surface area is 188 Å². The van der Waals surface area contributed by atoms with Crippen molar-refractivity contribution in [3.63, 3.8) is 0 Å². The predicted molar refractivity (Wildman–Crippen MR) is 121 cm³/mol. The molecule has 0 radical (unpaired) electrons. The zero-order valence-corrected chi connectivity index (χ0v) is 18.6. The number of halogens is 1. The Morgan fingerprint density at radius 2 is 2.10 bits per heavy atom. The molecule has 8 nitrogen and oxygen atoms in total. The van der Waals surface area contributed by atoms with Gasteiger partial charge in [0.15, 0.2) is 0 Å². The van der Waals surface area contributed by atoms with E-state index in [4.69, 9.17) is 16.3 Å². The van der Waals surface area contributed by atoms with Crippen molar-refractivity contribution in [2.24, 2.45) is 0 Å². The number of carbonyl (C=O) groups excluding carboxylic acids is 1. The van der Waals surface area contributed by atoms with Gasteiger partial charge < -0.3 is 15.0 Å². The molecule has 1 amide bonds. The van der Waals surface area contributed by atoms with Crippen LogP contribution in [0.4, 0.5) is 0 Å². The van der Waals surface area contributed by atoms with Crippen LogP contribution >= 0.6 is 23.4 Å². The van der Waals surface area contributed by atoms with E-state index < -0.39 is 0 Å². The Bertz CT molecular complexity index is 1190. The number of methoxy groups -OCH3 is 1. The molecule has 4 rings (SSSR count). The van der Waals surface area contributed by atoms with Gasteiger partial charge in [0.1, 0.15) is 5.75 Å². The molecule has 31 heavy (non-hydrogen) atoms. The number of aromatic amines is 1. The Morgan fingerprint density at radius 1 is 1.29 bits per heavy atom. The molecule has 0 aliphatic carbocycles. The normalized spacial score (nSPS) is 12.1. The summed E-state index contributed by atoms with van der Waals surface area (Å²) >= 11 is 7.40. The van der Waals surface area contributed by atoms with Crippen molar-refractivity contribution in [2.45, 2.75) is 23.8 Å². The molecule has 1 unspecified atom stereocenters. The van der Waals surface area contributed by atoms with Crippen molar-refractivity contribution in [2.75, 3.05) is 13.7 Å². The van der Waals surface area contributed by atoms with Crippen LogP contribution in [0.5, 0.6) is 5.75 Å². The summed E-state index contributed by atoms with van der Waals surface area (Å²) in [6.07, 6.45) is 2.65. The number of ether oxygens (including phenoxy) is 1. The number of tetrazole rings is 1. The lowest BCUT2D eigenvalue weighted by Gasteiger charge is -2.12. The fraction of sp³-hybridized carbons (Fsp3) is 0.238. The van der Waals surface area contributed by atoms with E-state index in [1.54, 1.807) is 11.8 Å². The first-order chi connectivity index (χ1) is 15.0. The molecule has 10 heteroatoms. The van der Waals surface area contributed by atoms with Crippen LogP contribution in [-0.4, -0.2) is 50.0 Å². The van der Waals surface area contributed by atoms with Crippen LogP contribution in [0.1, 0.15) is 12.5 Å². The van der Waals surface area contributed by atoms with Crippen LogP contribution < -0.4 is 10.1 Å². The first-order valence-electron chi connectivity index (χ1n) is 9.68. The highest BCUT2D eigenvalue weighted by molar-refractivity contribution is 8.00. The van der Waals surface area contributed by atoms with Gasteiger partial charge in [-0.3, -0.25) is 4.79 Å².